The quantitative estimate of drug-likeness (QED) is 0.675. The number of hydrogen-bond donors (Lipinski definition) is 1. The zero-order valence-corrected chi connectivity index (χ0v) is 18.3. The lowest BCUT2D eigenvalue weighted by Gasteiger charge is -2.38. The molecule has 1 aliphatic heterocycles. The molecule has 1 aliphatic rings. The van der Waals surface area contributed by atoms with Gasteiger partial charge in [0.1, 0.15) is 15.2 Å². The van der Waals surface area contributed by atoms with E-state index in [2.05, 4.69) is 47.7 Å². The molecule has 1 aromatic heterocycles. The summed E-state index contributed by atoms with van der Waals surface area (Å²) in [6.45, 7) is 6.91. The number of nitrogens with one attached hydrogen (secondary N) is 1. The Labute approximate surface area is 167 Å². The zero-order valence-electron chi connectivity index (χ0n) is 15.8. The van der Waals surface area contributed by atoms with E-state index in [0.29, 0.717) is 5.41 Å². The fraction of sp³-hybridized carbons (Fsp3) is 0.474. The van der Waals surface area contributed by atoms with E-state index in [4.69, 9.17) is 0 Å². The number of rotatable bonds is 6. The summed E-state index contributed by atoms with van der Waals surface area (Å²) in [5.74, 6) is 0. The Balaban J connectivity index is 1.67. The Hall–Kier alpha value is -1.02. The van der Waals surface area contributed by atoms with Crippen molar-refractivity contribution in [1.29, 1.82) is 0 Å². The Morgan fingerprint density at radius 1 is 1.15 bits per heavy atom. The largest absolute Gasteiger partial charge is 0.370 e. The summed E-state index contributed by atoms with van der Waals surface area (Å²) >= 11 is 3.17. The Morgan fingerprint density at radius 3 is 2.54 bits per heavy atom. The first-order valence-corrected chi connectivity index (χ1v) is 11.6. The molecule has 0 amide bonds. The van der Waals surface area contributed by atoms with E-state index < -0.39 is 11.0 Å². The number of para-hydroxylation sites is 2. The summed E-state index contributed by atoms with van der Waals surface area (Å²) in [5, 5.41) is 0. The van der Waals surface area contributed by atoms with Gasteiger partial charge >= 0.3 is 0 Å². The summed E-state index contributed by atoms with van der Waals surface area (Å²) in [4.78, 5) is 2.48. The number of hydrogen-bond acceptors (Lipinski definition) is 5. The van der Waals surface area contributed by atoms with Crippen LogP contribution in [0, 0.1) is 5.41 Å². The van der Waals surface area contributed by atoms with Gasteiger partial charge in [-0.05, 0) is 68.6 Å². The number of piperidine rings is 1. The van der Waals surface area contributed by atoms with Gasteiger partial charge in [0.05, 0.1) is 15.6 Å². The summed E-state index contributed by atoms with van der Waals surface area (Å²) in [7, 11) is 2.59. The van der Waals surface area contributed by atoms with E-state index in [-0.39, 0.29) is 0 Å². The van der Waals surface area contributed by atoms with Crippen molar-refractivity contribution in [1.82, 2.24) is 4.31 Å². The van der Waals surface area contributed by atoms with Crippen molar-refractivity contribution in [2.75, 3.05) is 36.8 Å². The molecule has 0 aliphatic carbocycles. The normalized spacial score (nSPS) is 18.1. The molecule has 1 atom stereocenters. The van der Waals surface area contributed by atoms with Crippen LogP contribution in [0.4, 0.5) is 11.4 Å². The molecule has 0 saturated carbocycles. The fourth-order valence-corrected chi connectivity index (χ4v) is 6.18. The van der Waals surface area contributed by atoms with Crippen molar-refractivity contribution in [2.45, 2.75) is 35.1 Å². The van der Waals surface area contributed by atoms with Crippen molar-refractivity contribution in [2.24, 2.45) is 5.41 Å². The van der Waals surface area contributed by atoms with Crippen LogP contribution in [0.5, 0.6) is 0 Å². The van der Waals surface area contributed by atoms with Gasteiger partial charge in [-0.3, -0.25) is 0 Å². The molecule has 26 heavy (non-hydrogen) atoms. The standard InChI is InChI=1S/C19H27N3OS3/c1-19(2)11-13-22(14-12-19)16-8-6-5-7-15(16)20-25-17-9-10-18(24-17)26(23)21(3)4/h5-10,20H,11-14H2,1-4H3. The Morgan fingerprint density at radius 2 is 1.85 bits per heavy atom. The van der Waals surface area contributed by atoms with E-state index in [1.54, 1.807) is 27.6 Å². The van der Waals surface area contributed by atoms with Crippen LogP contribution in [-0.2, 0) is 11.0 Å². The average Bonchev–Trinajstić information content (AvgIpc) is 3.08. The molecule has 1 aromatic carbocycles. The van der Waals surface area contributed by atoms with Gasteiger partial charge in [0, 0.05) is 13.1 Å². The van der Waals surface area contributed by atoms with Gasteiger partial charge in [0.25, 0.3) is 0 Å². The van der Waals surface area contributed by atoms with Crippen LogP contribution in [0.25, 0.3) is 0 Å². The van der Waals surface area contributed by atoms with Crippen molar-refractivity contribution in [3.8, 4) is 0 Å². The van der Waals surface area contributed by atoms with Gasteiger partial charge in [-0.1, -0.05) is 26.0 Å². The van der Waals surface area contributed by atoms with Crippen molar-refractivity contribution in [3.63, 3.8) is 0 Å². The lowest BCUT2D eigenvalue weighted by Crippen LogP contribution is -2.37. The first-order valence-electron chi connectivity index (χ1n) is 8.82. The maximum atomic E-state index is 12.2. The molecule has 0 spiro atoms. The van der Waals surface area contributed by atoms with Crippen LogP contribution >= 0.6 is 23.3 Å². The topological polar surface area (TPSA) is 35.6 Å². The van der Waals surface area contributed by atoms with Crippen LogP contribution in [-0.4, -0.2) is 35.7 Å². The van der Waals surface area contributed by atoms with E-state index in [1.165, 1.54) is 18.5 Å². The lowest BCUT2D eigenvalue weighted by molar-refractivity contribution is 0.280. The molecule has 3 rings (SSSR count). The van der Waals surface area contributed by atoms with Gasteiger partial charge in [-0.15, -0.1) is 11.3 Å². The van der Waals surface area contributed by atoms with Crippen LogP contribution < -0.4 is 9.62 Å². The van der Waals surface area contributed by atoms with E-state index >= 15 is 0 Å². The molecule has 1 N–H and O–H groups in total. The van der Waals surface area contributed by atoms with E-state index in [0.717, 1.165) is 27.2 Å². The van der Waals surface area contributed by atoms with Crippen molar-refractivity contribution < 1.29 is 4.21 Å². The molecule has 2 aromatic rings. The molecule has 2 heterocycles. The first kappa shape index (κ1) is 19.7. The van der Waals surface area contributed by atoms with E-state index in [1.807, 2.05) is 26.2 Å². The smallest absolute Gasteiger partial charge is 0.137 e. The Kier molecular flexibility index (Phi) is 6.33. The summed E-state index contributed by atoms with van der Waals surface area (Å²) in [6, 6.07) is 12.5. The molecular weight excluding hydrogens is 382 g/mol. The Bertz CT molecular complexity index is 763. The summed E-state index contributed by atoms with van der Waals surface area (Å²) in [5.41, 5.74) is 2.85. The molecule has 7 heteroatoms. The average molecular weight is 410 g/mol. The van der Waals surface area contributed by atoms with Crippen LogP contribution in [0.2, 0.25) is 0 Å². The fourth-order valence-electron chi connectivity index (χ4n) is 2.93. The highest BCUT2D eigenvalue weighted by atomic mass is 32.2. The van der Waals surface area contributed by atoms with Crippen molar-refractivity contribution >= 4 is 45.6 Å². The maximum absolute atomic E-state index is 12.2. The highest BCUT2D eigenvalue weighted by Gasteiger charge is 2.26. The highest BCUT2D eigenvalue weighted by Crippen LogP contribution is 2.37. The molecule has 1 fully saturated rings. The number of benzene rings is 1. The zero-order chi connectivity index (χ0) is 18.7. The van der Waals surface area contributed by atoms with Crippen LogP contribution in [0.1, 0.15) is 26.7 Å². The highest BCUT2D eigenvalue weighted by molar-refractivity contribution is 8.02. The predicted molar refractivity (Wildman–Crippen MR) is 116 cm³/mol. The predicted octanol–water partition coefficient (Wildman–Crippen LogP) is 5.08. The van der Waals surface area contributed by atoms with Gasteiger partial charge < -0.3 is 9.62 Å². The molecule has 142 valence electrons. The monoisotopic (exact) mass is 409 g/mol. The molecule has 0 radical (unpaired) electrons. The van der Waals surface area contributed by atoms with Crippen LogP contribution in [0.3, 0.4) is 0 Å². The summed E-state index contributed by atoms with van der Waals surface area (Å²) < 4.78 is 19.4. The lowest BCUT2D eigenvalue weighted by atomic mass is 9.82. The first-order chi connectivity index (χ1) is 12.4. The SMILES string of the molecule is CN(C)S(=O)c1ccc(SNc2ccccc2N2CCC(C)(C)CC2)s1. The third-order valence-electron chi connectivity index (χ3n) is 4.68. The minimum Gasteiger partial charge on any atom is -0.370 e. The second kappa shape index (κ2) is 8.33. The number of thiophene rings is 1. The minimum absolute atomic E-state index is 0.447. The molecule has 0 bridgehead atoms. The van der Waals surface area contributed by atoms with E-state index in [9.17, 15) is 4.21 Å². The van der Waals surface area contributed by atoms with Gasteiger partial charge in [0.15, 0.2) is 0 Å². The maximum Gasteiger partial charge on any atom is 0.137 e. The second-order valence-corrected chi connectivity index (χ2v) is 11.6. The number of nitrogens with zero attached hydrogens (tertiary/aromatic N) is 2. The van der Waals surface area contributed by atoms with Crippen molar-refractivity contribution in [3.05, 3.63) is 36.4 Å². The van der Waals surface area contributed by atoms with Gasteiger partial charge in [0.2, 0.25) is 0 Å². The number of anilines is 2. The van der Waals surface area contributed by atoms with Gasteiger partial charge in [-0.2, -0.15) is 0 Å². The molecule has 1 saturated heterocycles. The van der Waals surface area contributed by atoms with Gasteiger partial charge in [-0.25, -0.2) is 8.51 Å². The molecule has 4 nitrogen and oxygen atoms in total. The van der Waals surface area contributed by atoms with Crippen LogP contribution in [0.15, 0.2) is 44.8 Å². The molecule has 1 unspecified atom stereocenters. The molecular formula is C19H27N3OS3. The third-order valence-corrected chi connectivity index (χ3v) is 8.34. The second-order valence-electron chi connectivity index (χ2n) is 7.51. The third kappa shape index (κ3) is 4.82. The summed E-state index contributed by atoms with van der Waals surface area (Å²) in [6.07, 6.45) is 2.44. The minimum atomic E-state index is -1.08.